The van der Waals surface area contributed by atoms with Gasteiger partial charge in [0.25, 0.3) is 0 Å². The van der Waals surface area contributed by atoms with Crippen molar-refractivity contribution in [2.45, 2.75) is 32.8 Å². The fraction of sp³-hybridized carbons (Fsp3) is 0.889. The Balaban J connectivity index is 2.34. The highest BCUT2D eigenvalue weighted by molar-refractivity contribution is 5.78. The van der Waals surface area contributed by atoms with Gasteiger partial charge >= 0.3 is 0 Å². The lowest BCUT2D eigenvalue weighted by Gasteiger charge is -2.16. The van der Waals surface area contributed by atoms with Gasteiger partial charge in [-0.1, -0.05) is 0 Å². The molecule has 0 heterocycles. The molecule has 0 aliphatic heterocycles. The minimum Gasteiger partial charge on any atom is -0.480 e. The molecular weight excluding hydrogens is 154 g/mol. The van der Waals surface area contributed by atoms with Crippen molar-refractivity contribution in [3.8, 4) is 0 Å². The predicted octanol–water partition coefficient (Wildman–Crippen LogP) is 1.82. The van der Waals surface area contributed by atoms with Gasteiger partial charge in [0.05, 0.1) is 6.61 Å². The van der Waals surface area contributed by atoms with Crippen LogP contribution in [0.4, 0.5) is 0 Å². The highest BCUT2D eigenvalue weighted by Gasteiger charge is 2.35. The lowest BCUT2D eigenvalue weighted by Crippen LogP contribution is -2.28. The van der Waals surface area contributed by atoms with Crippen LogP contribution in [0.3, 0.4) is 0 Å². The van der Waals surface area contributed by atoms with Crippen molar-refractivity contribution in [1.82, 2.24) is 0 Å². The second kappa shape index (κ2) is 4.45. The summed E-state index contributed by atoms with van der Waals surface area (Å²) in [6.07, 6.45) is 2.29. The van der Waals surface area contributed by atoms with Crippen molar-refractivity contribution in [1.29, 1.82) is 5.41 Å². The summed E-state index contributed by atoms with van der Waals surface area (Å²) < 4.78 is 10.5. The van der Waals surface area contributed by atoms with E-state index in [-0.39, 0.29) is 6.10 Å². The molecule has 1 unspecified atom stereocenters. The van der Waals surface area contributed by atoms with E-state index >= 15 is 0 Å². The van der Waals surface area contributed by atoms with Crippen molar-refractivity contribution < 1.29 is 9.47 Å². The molecule has 70 valence electrons. The summed E-state index contributed by atoms with van der Waals surface area (Å²) in [5.74, 6) is 0.853. The van der Waals surface area contributed by atoms with Gasteiger partial charge in [-0.15, -0.1) is 0 Å². The summed E-state index contributed by atoms with van der Waals surface area (Å²) in [5.41, 5.74) is 0. The van der Waals surface area contributed by atoms with Crippen LogP contribution in [0.1, 0.15) is 26.7 Å². The molecule has 0 amide bonds. The highest BCUT2D eigenvalue weighted by Crippen LogP contribution is 2.34. The van der Waals surface area contributed by atoms with E-state index in [0.29, 0.717) is 25.0 Å². The molecule has 1 atom stereocenters. The van der Waals surface area contributed by atoms with Gasteiger partial charge in [0, 0.05) is 6.61 Å². The zero-order valence-electron chi connectivity index (χ0n) is 7.80. The van der Waals surface area contributed by atoms with Gasteiger partial charge in [-0.05, 0) is 32.6 Å². The van der Waals surface area contributed by atoms with Gasteiger partial charge in [-0.3, -0.25) is 5.41 Å². The molecule has 0 aromatic heterocycles. The Bertz CT molecular complexity index is 155. The summed E-state index contributed by atoms with van der Waals surface area (Å²) in [6.45, 7) is 5.07. The maximum Gasteiger partial charge on any atom is 0.210 e. The van der Waals surface area contributed by atoms with Gasteiger partial charge in [-0.2, -0.15) is 0 Å². The third-order valence-corrected chi connectivity index (χ3v) is 1.95. The molecule has 0 aromatic carbocycles. The molecule has 3 nitrogen and oxygen atoms in total. The molecule has 1 N–H and O–H groups in total. The standard InChI is InChI=1S/C9H17NO2/c1-3-11-8(7-5-6-7)9(10)12-4-2/h7-8,10H,3-6H2,1-2H3. The molecule has 12 heavy (non-hydrogen) atoms. The monoisotopic (exact) mass is 171 g/mol. The molecule has 1 rings (SSSR count). The molecular formula is C9H17NO2. The maximum absolute atomic E-state index is 7.57. The maximum atomic E-state index is 7.57. The predicted molar refractivity (Wildman–Crippen MR) is 47.5 cm³/mol. The Hall–Kier alpha value is -0.570. The number of rotatable bonds is 5. The van der Waals surface area contributed by atoms with Crippen LogP contribution in [-0.4, -0.2) is 25.2 Å². The van der Waals surface area contributed by atoms with Gasteiger partial charge in [0.1, 0.15) is 6.10 Å². The second-order valence-electron chi connectivity index (χ2n) is 3.01. The van der Waals surface area contributed by atoms with Crippen LogP contribution >= 0.6 is 0 Å². The molecule has 1 saturated carbocycles. The topological polar surface area (TPSA) is 42.3 Å². The summed E-state index contributed by atoms with van der Waals surface area (Å²) in [4.78, 5) is 0. The van der Waals surface area contributed by atoms with E-state index < -0.39 is 0 Å². The summed E-state index contributed by atoms with van der Waals surface area (Å²) >= 11 is 0. The van der Waals surface area contributed by atoms with Crippen molar-refractivity contribution in [2.24, 2.45) is 5.92 Å². The Morgan fingerprint density at radius 1 is 1.42 bits per heavy atom. The molecule has 0 spiro atoms. The van der Waals surface area contributed by atoms with Gasteiger partial charge in [0.2, 0.25) is 5.90 Å². The van der Waals surface area contributed by atoms with E-state index in [0.717, 1.165) is 0 Å². The zero-order valence-corrected chi connectivity index (χ0v) is 7.80. The van der Waals surface area contributed by atoms with Crippen LogP contribution in [0, 0.1) is 11.3 Å². The van der Waals surface area contributed by atoms with E-state index in [4.69, 9.17) is 14.9 Å². The van der Waals surface area contributed by atoms with Crippen molar-refractivity contribution in [3.63, 3.8) is 0 Å². The zero-order chi connectivity index (χ0) is 8.97. The number of nitrogens with one attached hydrogen (secondary N) is 1. The number of hydrogen-bond donors (Lipinski definition) is 1. The minimum atomic E-state index is -0.0741. The van der Waals surface area contributed by atoms with Gasteiger partial charge in [-0.25, -0.2) is 0 Å². The van der Waals surface area contributed by atoms with Gasteiger partial charge in [0.15, 0.2) is 0 Å². The number of ether oxygens (including phenoxy) is 2. The van der Waals surface area contributed by atoms with Crippen LogP contribution in [0.25, 0.3) is 0 Å². The van der Waals surface area contributed by atoms with E-state index in [9.17, 15) is 0 Å². The Morgan fingerprint density at radius 2 is 2.08 bits per heavy atom. The second-order valence-corrected chi connectivity index (χ2v) is 3.01. The third kappa shape index (κ3) is 2.48. The Labute approximate surface area is 73.6 Å². The fourth-order valence-electron chi connectivity index (χ4n) is 1.24. The summed E-state index contributed by atoms with van der Waals surface area (Å²) in [6, 6.07) is 0. The average molecular weight is 171 g/mol. The first kappa shape index (κ1) is 9.52. The smallest absolute Gasteiger partial charge is 0.210 e. The van der Waals surface area contributed by atoms with Crippen LogP contribution in [-0.2, 0) is 9.47 Å². The van der Waals surface area contributed by atoms with E-state index in [1.54, 1.807) is 0 Å². The van der Waals surface area contributed by atoms with Crippen molar-refractivity contribution >= 4 is 5.90 Å². The van der Waals surface area contributed by atoms with E-state index in [1.165, 1.54) is 12.8 Å². The quantitative estimate of drug-likeness (QED) is 0.506. The molecule has 0 aromatic rings. The van der Waals surface area contributed by atoms with E-state index in [1.807, 2.05) is 13.8 Å². The first-order valence-electron chi connectivity index (χ1n) is 4.62. The average Bonchev–Trinajstić information content (AvgIpc) is 2.83. The fourth-order valence-corrected chi connectivity index (χ4v) is 1.24. The normalized spacial score (nSPS) is 18.8. The lowest BCUT2D eigenvalue weighted by atomic mass is 10.2. The Kier molecular flexibility index (Phi) is 3.53. The summed E-state index contributed by atoms with van der Waals surface area (Å²) in [5, 5.41) is 7.57. The number of hydrogen-bond acceptors (Lipinski definition) is 3. The minimum absolute atomic E-state index is 0.0741. The molecule has 1 aliphatic carbocycles. The molecule has 1 fully saturated rings. The molecule has 0 saturated heterocycles. The Morgan fingerprint density at radius 3 is 2.50 bits per heavy atom. The first-order valence-corrected chi connectivity index (χ1v) is 4.62. The third-order valence-electron chi connectivity index (χ3n) is 1.95. The first-order chi connectivity index (χ1) is 5.79. The van der Waals surface area contributed by atoms with Crippen LogP contribution in [0.5, 0.6) is 0 Å². The summed E-state index contributed by atoms with van der Waals surface area (Å²) in [7, 11) is 0. The molecule has 0 bridgehead atoms. The SMILES string of the molecule is CCOC(=N)C(OCC)C1CC1. The lowest BCUT2D eigenvalue weighted by molar-refractivity contribution is 0.0734. The molecule has 3 heteroatoms. The van der Waals surface area contributed by atoms with Crippen LogP contribution in [0.15, 0.2) is 0 Å². The molecule has 1 aliphatic rings. The van der Waals surface area contributed by atoms with Crippen molar-refractivity contribution in [2.75, 3.05) is 13.2 Å². The van der Waals surface area contributed by atoms with Crippen LogP contribution in [0.2, 0.25) is 0 Å². The molecule has 0 radical (unpaired) electrons. The van der Waals surface area contributed by atoms with Crippen LogP contribution < -0.4 is 0 Å². The van der Waals surface area contributed by atoms with Crippen molar-refractivity contribution in [3.05, 3.63) is 0 Å². The largest absolute Gasteiger partial charge is 0.480 e. The highest BCUT2D eigenvalue weighted by atomic mass is 16.5. The van der Waals surface area contributed by atoms with E-state index in [2.05, 4.69) is 0 Å². The van der Waals surface area contributed by atoms with Gasteiger partial charge < -0.3 is 9.47 Å².